The third kappa shape index (κ3) is 0.736. The van der Waals surface area contributed by atoms with E-state index < -0.39 is 0 Å². The Hall–Kier alpha value is -0.120. The highest BCUT2D eigenvalue weighted by Gasteiger charge is 2.50. The zero-order valence-electron chi connectivity index (χ0n) is 6.44. The van der Waals surface area contributed by atoms with E-state index in [1.165, 1.54) is 0 Å². The first-order valence-corrected chi connectivity index (χ1v) is 4.44. The highest BCUT2D eigenvalue weighted by Crippen LogP contribution is 2.42. The fourth-order valence-electron chi connectivity index (χ4n) is 2.74. The van der Waals surface area contributed by atoms with E-state index in [-0.39, 0.29) is 6.10 Å². The number of hydrogen-bond acceptors (Lipinski definition) is 3. The van der Waals surface area contributed by atoms with Crippen LogP contribution in [0.2, 0.25) is 0 Å². The lowest BCUT2D eigenvalue weighted by atomic mass is 9.75. The van der Waals surface area contributed by atoms with Crippen LogP contribution in [0.25, 0.3) is 0 Å². The number of aliphatic hydroxyl groups excluding tert-OH is 1. The SMILES string of the molecule is O[C@@H]1[C@@H]2CC[C@H]3ON(C2)C[C@@H]13. The Labute approximate surface area is 65.9 Å². The van der Waals surface area contributed by atoms with Crippen molar-refractivity contribution in [2.75, 3.05) is 13.1 Å². The molecule has 0 amide bonds. The Morgan fingerprint density at radius 2 is 2.18 bits per heavy atom. The van der Waals surface area contributed by atoms with Crippen LogP contribution in [0.5, 0.6) is 0 Å². The molecular weight excluding hydrogens is 142 g/mol. The molecule has 0 aromatic carbocycles. The first-order valence-electron chi connectivity index (χ1n) is 4.44. The van der Waals surface area contributed by atoms with Crippen LogP contribution in [0.3, 0.4) is 0 Å². The molecule has 1 aliphatic carbocycles. The molecule has 1 N–H and O–H groups in total. The summed E-state index contributed by atoms with van der Waals surface area (Å²) in [5, 5.41) is 11.8. The van der Waals surface area contributed by atoms with E-state index in [1.807, 2.05) is 5.06 Å². The van der Waals surface area contributed by atoms with Gasteiger partial charge in [0.25, 0.3) is 0 Å². The molecule has 11 heavy (non-hydrogen) atoms. The fraction of sp³-hybridized carbons (Fsp3) is 1.00. The monoisotopic (exact) mass is 155 g/mol. The second-order valence-corrected chi connectivity index (χ2v) is 3.98. The molecule has 0 aromatic heterocycles. The van der Waals surface area contributed by atoms with Gasteiger partial charge >= 0.3 is 0 Å². The molecule has 3 rings (SSSR count). The van der Waals surface area contributed by atoms with E-state index in [1.54, 1.807) is 0 Å². The van der Waals surface area contributed by atoms with E-state index in [2.05, 4.69) is 0 Å². The van der Waals surface area contributed by atoms with Gasteiger partial charge in [0.2, 0.25) is 0 Å². The Balaban J connectivity index is 1.96. The molecule has 3 bridgehead atoms. The predicted molar refractivity (Wildman–Crippen MR) is 38.7 cm³/mol. The summed E-state index contributed by atoms with van der Waals surface area (Å²) >= 11 is 0. The minimum Gasteiger partial charge on any atom is -0.392 e. The Kier molecular flexibility index (Phi) is 1.15. The Bertz CT molecular complexity index is 179. The smallest absolute Gasteiger partial charge is 0.0859 e. The Morgan fingerprint density at radius 3 is 3.09 bits per heavy atom. The maximum atomic E-state index is 9.78. The molecule has 2 heterocycles. The van der Waals surface area contributed by atoms with Gasteiger partial charge in [-0.1, -0.05) is 0 Å². The van der Waals surface area contributed by atoms with Gasteiger partial charge in [0.05, 0.1) is 12.2 Å². The molecule has 0 aromatic rings. The summed E-state index contributed by atoms with van der Waals surface area (Å²) in [6, 6.07) is 0. The lowest BCUT2D eigenvalue weighted by Gasteiger charge is -2.36. The first kappa shape index (κ1) is 6.40. The van der Waals surface area contributed by atoms with E-state index in [9.17, 15) is 5.11 Å². The standard InChI is InChI=1S/C8H13NO2/c10-8-5-1-2-7-6(8)4-9(3-5)11-7/h5-8,10H,1-4H2/t5-,6-,7-,8-/m1/s1. The summed E-state index contributed by atoms with van der Waals surface area (Å²) in [6.45, 7) is 1.91. The topological polar surface area (TPSA) is 32.7 Å². The molecule has 1 saturated carbocycles. The normalized spacial score (nSPS) is 60.3. The van der Waals surface area contributed by atoms with Crippen LogP contribution in [0, 0.1) is 11.8 Å². The molecule has 3 aliphatic rings. The van der Waals surface area contributed by atoms with E-state index in [4.69, 9.17) is 4.84 Å². The van der Waals surface area contributed by atoms with Crippen LogP contribution in [0.4, 0.5) is 0 Å². The molecule has 3 nitrogen and oxygen atoms in total. The van der Waals surface area contributed by atoms with E-state index >= 15 is 0 Å². The maximum Gasteiger partial charge on any atom is 0.0859 e. The molecular formula is C8H13NO2. The van der Waals surface area contributed by atoms with Crippen LogP contribution < -0.4 is 0 Å². The summed E-state index contributed by atoms with van der Waals surface area (Å²) in [5.41, 5.74) is 0. The van der Waals surface area contributed by atoms with Gasteiger partial charge in [0.1, 0.15) is 0 Å². The van der Waals surface area contributed by atoms with Crippen molar-refractivity contribution in [2.24, 2.45) is 11.8 Å². The van der Waals surface area contributed by atoms with Crippen molar-refractivity contribution < 1.29 is 9.94 Å². The maximum absolute atomic E-state index is 9.78. The second-order valence-electron chi connectivity index (χ2n) is 3.98. The number of hydrogen-bond donors (Lipinski definition) is 1. The zero-order valence-corrected chi connectivity index (χ0v) is 6.44. The third-order valence-corrected chi connectivity index (χ3v) is 3.36. The average molecular weight is 155 g/mol. The summed E-state index contributed by atoms with van der Waals surface area (Å²) in [5.74, 6) is 0.912. The van der Waals surface area contributed by atoms with Gasteiger partial charge in [-0.3, -0.25) is 4.84 Å². The zero-order chi connectivity index (χ0) is 7.42. The molecule has 0 radical (unpaired) electrons. The molecule has 62 valence electrons. The third-order valence-electron chi connectivity index (χ3n) is 3.36. The summed E-state index contributed by atoms with van der Waals surface area (Å²) in [7, 11) is 0. The summed E-state index contributed by atoms with van der Waals surface area (Å²) in [4.78, 5) is 5.62. The quantitative estimate of drug-likeness (QED) is 0.534. The van der Waals surface area contributed by atoms with Crippen molar-refractivity contribution in [1.82, 2.24) is 5.06 Å². The van der Waals surface area contributed by atoms with Gasteiger partial charge < -0.3 is 5.11 Å². The van der Waals surface area contributed by atoms with Gasteiger partial charge in [-0.2, -0.15) is 5.06 Å². The van der Waals surface area contributed by atoms with Gasteiger partial charge in [0, 0.05) is 24.9 Å². The van der Waals surface area contributed by atoms with Gasteiger partial charge in [-0.15, -0.1) is 0 Å². The van der Waals surface area contributed by atoms with Crippen LogP contribution in [0.15, 0.2) is 0 Å². The minimum absolute atomic E-state index is 0.0764. The van der Waals surface area contributed by atoms with Crippen molar-refractivity contribution in [2.45, 2.75) is 25.0 Å². The highest BCUT2D eigenvalue weighted by molar-refractivity contribution is 4.96. The number of piperidine rings is 1. The molecule has 5 atom stereocenters. The number of hydroxylamine groups is 2. The summed E-state index contributed by atoms with van der Waals surface area (Å²) < 4.78 is 0. The molecule has 2 saturated heterocycles. The number of nitrogens with zero attached hydrogens (tertiary/aromatic N) is 1. The number of fused-ring (bicyclic) bond motifs is 2. The van der Waals surface area contributed by atoms with Crippen LogP contribution in [-0.4, -0.2) is 35.5 Å². The predicted octanol–water partition coefficient (Wildman–Crippen LogP) is 0.00290. The van der Waals surface area contributed by atoms with Gasteiger partial charge in [0.15, 0.2) is 0 Å². The average Bonchev–Trinajstić information content (AvgIpc) is 2.19. The van der Waals surface area contributed by atoms with E-state index in [0.717, 1.165) is 25.9 Å². The highest BCUT2D eigenvalue weighted by atomic mass is 16.7. The van der Waals surface area contributed by atoms with Crippen molar-refractivity contribution in [3.63, 3.8) is 0 Å². The van der Waals surface area contributed by atoms with E-state index in [0.29, 0.717) is 17.9 Å². The second kappa shape index (κ2) is 1.97. The largest absolute Gasteiger partial charge is 0.392 e. The summed E-state index contributed by atoms with van der Waals surface area (Å²) in [6.07, 6.45) is 2.57. The van der Waals surface area contributed by atoms with Crippen LogP contribution >= 0.6 is 0 Å². The van der Waals surface area contributed by atoms with Crippen molar-refractivity contribution in [3.05, 3.63) is 0 Å². The molecule has 3 fully saturated rings. The molecule has 0 spiro atoms. The minimum atomic E-state index is -0.0764. The van der Waals surface area contributed by atoms with Crippen LogP contribution in [-0.2, 0) is 4.84 Å². The van der Waals surface area contributed by atoms with Crippen LogP contribution in [0.1, 0.15) is 12.8 Å². The molecule has 1 unspecified atom stereocenters. The lowest BCUT2D eigenvalue weighted by Crippen LogP contribution is -2.46. The first-order chi connectivity index (χ1) is 5.34. The Morgan fingerprint density at radius 1 is 1.27 bits per heavy atom. The van der Waals surface area contributed by atoms with Crippen molar-refractivity contribution >= 4 is 0 Å². The van der Waals surface area contributed by atoms with Crippen molar-refractivity contribution in [1.29, 1.82) is 0 Å². The molecule has 2 aliphatic heterocycles. The number of rotatable bonds is 0. The van der Waals surface area contributed by atoms with Gasteiger partial charge in [-0.05, 0) is 12.8 Å². The molecule has 3 heteroatoms. The van der Waals surface area contributed by atoms with Gasteiger partial charge in [-0.25, -0.2) is 0 Å². The number of aliphatic hydroxyl groups is 1. The van der Waals surface area contributed by atoms with Crippen molar-refractivity contribution in [3.8, 4) is 0 Å². The fourth-order valence-corrected chi connectivity index (χ4v) is 2.74. The lowest BCUT2D eigenvalue weighted by molar-refractivity contribution is -0.139.